The summed E-state index contributed by atoms with van der Waals surface area (Å²) < 4.78 is 0. The number of carbonyl (C=O) groups is 1. The fourth-order valence-corrected chi connectivity index (χ4v) is 5.34. The molecule has 3 heterocycles. The Morgan fingerprint density at radius 1 is 1.07 bits per heavy atom. The molecule has 0 spiro atoms. The van der Waals surface area contributed by atoms with E-state index >= 15 is 0 Å². The summed E-state index contributed by atoms with van der Waals surface area (Å²) in [5.41, 5.74) is 3.94. The number of para-hydroxylation sites is 2. The van der Waals surface area contributed by atoms with E-state index in [0.717, 1.165) is 65.4 Å². The molecule has 6 heteroatoms. The summed E-state index contributed by atoms with van der Waals surface area (Å²) in [4.78, 5) is 23.6. The van der Waals surface area contributed by atoms with Crippen molar-refractivity contribution in [2.45, 2.75) is 42.3 Å². The van der Waals surface area contributed by atoms with Gasteiger partial charge in [0.1, 0.15) is 0 Å². The van der Waals surface area contributed by atoms with Gasteiger partial charge in [-0.25, -0.2) is 4.98 Å². The third-order valence-electron chi connectivity index (χ3n) is 5.87. The first kappa shape index (κ1) is 17.8. The van der Waals surface area contributed by atoms with Crippen LogP contribution in [0.2, 0.25) is 0 Å². The average molecular weight is 393 g/mol. The highest BCUT2D eigenvalue weighted by molar-refractivity contribution is 7.98. The highest BCUT2D eigenvalue weighted by atomic mass is 32.2. The van der Waals surface area contributed by atoms with Gasteiger partial charge in [0.25, 0.3) is 5.91 Å². The molecule has 28 heavy (non-hydrogen) atoms. The maximum absolute atomic E-state index is 13.5. The van der Waals surface area contributed by atoms with Crippen LogP contribution in [0.5, 0.6) is 0 Å². The van der Waals surface area contributed by atoms with Crippen LogP contribution in [-0.2, 0) is 5.75 Å². The van der Waals surface area contributed by atoms with E-state index in [-0.39, 0.29) is 5.91 Å². The molecule has 2 saturated heterocycles. The van der Waals surface area contributed by atoms with E-state index in [1.165, 1.54) is 0 Å². The van der Waals surface area contributed by atoms with Gasteiger partial charge in [-0.2, -0.15) is 0 Å². The summed E-state index contributed by atoms with van der Waals surface area (Å²) >= 11 is 1.65. The van der Waals surface area contributed by atoms with Crippen molar-refractivity contribution in [3.8, 4) is 0 Å². The Morgan fingerprint density at radius 3 is 2.82 bits per heavy atom. The number of benzene rings is 2. The quantitative estimate of drug-likeness (QED) is 0.663. The van der Waals surface area contributed by atoms with E-state index in [2.05, 4.69) is 26.3 Å². The molecule has 2 aliphatic heterocycles. The minimum absolute atomic E-state index is 0.192. The molecule has 144 valence electrons. The Morgan fingerprint density at radius 2 is 1.89 bits per heavy atom. The van der Waals surface area contributed by atoms with Crippen molar-refractivity contribution in [1.29, 1.82) is 0 Å². The second-order valence-electron chi connectivity index (χ2n) is 7.60. The molecule has 2 aromatic carbocycles. The van der Waals surface area contributed by atoms with Crippen molar-refractivity contribution < 1.29 is 4.79 Å². The van der Waals surface area contributed by atoms with Crippen LogP contribution < -0.4 is 5.32 Å². The number of hydrogen-bond donors (Lipinski definition) is 2. The van der Waals surface area contributed by atoms with Gasteiger partial charge in [0.05, 0.1) is 11.0 Å². The lowest BCUT2D eigenvalue weighted by Gasteiger charge is -2.28. The maximum Gasteiger partial charge on any atom is 0.254 e. The van der Waals surface area contributed by atoms with E-state index in [4.69, 9.17) is 0 Å². The Bertz CT molecular complexity index is 954. The summed E-state index contributed by atoms with van der Waals surface area (Å²) in [6, 6.07) is 16.8. The van der Waals surface area contributed by atoms with Gasteiger partial charge in [-0.1, -0.05) is 42.1 Å². The van der Waals surface area contributed by atoms with E-state index in [1.807, 2.05) is 42.5 Å². The molecule has 0 radical (unpaired) electrons. The number of carbonyl (C=O) groups excluding carboxylic acids is 1. The predicted molar refractivity (Wildman–Crippen MR) is 113 cm³/mol. The predicted octanol–water partition coefficient (Wildman–Crippen LogP) is 3.82. The van der Waals surface area contributed by atoms with E-state index in [0.29, 0.717) is 12.1 Å². The second kappa shape index (κ2) is 7.60. The maximum atomic E-state index is 13.5. The highest BCUT2D eigenvalue weighted by Crippen LogP contribution is 2.31. The third-order valence-corrected chi connectivity index (χ3v) is 6.79. The normalized spacial score (nSPS) is 21.8. The second-order valence-corrected chi connectivity index (χ2v) is 8.56. The lowest BCUT2D eigenvalue weighted by molar-refractivity contribution is 0.0679. The average Bonchev–Trinajstić information content (AvgIpc) is 3.25. The minimum Gasteiger partial charge on any atom is -0.333 e. The fraction of sp³-hybridized carbons (Fsp3) is 0.364. The minimum atomic E-state index is 0.192. The molecule has 2 fully saturated rings. The van der Waals surface area contributed by atoms with Crippen LogP contribution in [-0.4, -0.2) is 45.9 Å². The molecule has 2 N–H and O–H groups in total. The van der Waals surface area contributed by atoms with Crippen molar-refractivity contribution in [2.75, 3.05) is 13.1 Å². The van der Waals surface area contributed by atoms with Gasteiger partial charge in [0.2, 0.25) is 0 Å². The number of amides is 1. The summed E-state index contributed by atoms with van der Waals surface area (Å²) in [6.07, 6.45) is 3.30. The SMILES string of the molecule is O=C(c1ccccc1CSc1nc2ccccc2[nH]1)N1C2CCNCC1CC2. The number of rotatable bonds is 4. The fourth-order valence-electron chi connectivity index (χ4n) is 4.45. The number of thioether (sulfide) groups is 1. The third kappa shape index (κ3) is 3.31. The highest BCUT2D eigenvalue weighted by Gasteiger charge is 2.38. The molecule has 3 aromatic rings. The molecule has 5 rings (SSSR count). The first-order valence-electron chi connectivity index (χ1n) is 9.98. The van der Waals surface area contributed by atoms with Gasteiger partial charge in [-0.3, -0.25) is 4.79 Å². The summed E-state index contributed by atoms with van der Waals surface area (Å²) in [7, 11) is 0. The van der Waals surface area contributed by atoms with Crippen LogP contribution in [0.1, 0.15) is 35.2 Å². The lowest BCUT2D eigenvalue weighted by Crippen LogP contribution is -2.42. The molecule has 1 amide bonds. The van der Waals surface area contributed by atoms with E-state index in [9.17, 15) is 4.79 Å². The number of hydrogen-bond acceptors (Lipinski definition) is 4. The standard InChI is InChI=1S/C22H24N4OS/c27-21(26-16-9-10-17(26)13-23-12-11-16)18-6-2-1-5-15(18)14-28-22-24-19-7-3-4-8-20(19)25-22/h1-8,16-17,23H,9-14H2,(H,24,25). The van der Waals surface area contributed by atoms with Crippen molar-refractivity contribution in [3.63, 3.8) is 0 Å². The molecule has 5 nitrogen and oxygen atoms in total. The van der Waals surface area contributed by atoms with Crippen LogP contribution in [0.3, 0.4) is 0 Å². The number of fused-ring (bicyclic) bond motifs is 3. The van der Waals surface area contributed by atoms with Crippen LogP contribution in [0.4, 0.5) is 0 Å². The smallest absolute Gasteiger partial charge is 0.254 e. The number of imidazole rings is 1. The van der Waals surface area contributed by atoms with Crippen LogP contribution in [0, 0.1) is 0 Å². The lowest BCUT2D eigenvalue weighted by atomic mass is 10.1. The molecule has 2 unspecified atom stereocenters. The molecule has 2 bridgehead atoms. The molecule has 0 aliphatic carbocycles. The number of H-pyrrole nitrogens is 1. The van der Waals surface area contributed by atoms with E-state index < -0.39 is 0 Å². The summed E-state index contributed by atoms with van der Waals surface area (Å²) in [5, 5.41) is 4.37. The molecule has 2 aliphatic rings. The van der Waals surface area contributed by atoms with Crippen LogP contribution in [0.15, 0.2) is 53.7 Å². The first-order valence-corrected chi connectivity index (χ1v) is 11.0. The van der Waals surface area contributed by atoms with E-state index in [1.54, 1.807) is 11.8 Å². The number of nitrogens with one attached hydrogen (secondary N) is 2. The van der Waals surface area contributed by atoms with Gasteiger partial charge in [-0.05, 0) is 49.6 Å². The first-order chi connectivity index (χ1) is 13.8. The largest absolute Gasteiger partial charge is 0.333 e. The molecule has 1 aromatic heterocycles. The number of aromatic nitrogens is 2. The van der Waals surface area contributed by atoms with Gasteiger partial charge < -0.3 is 15.2 Å². The van der Waals surface area contributed by atoms with Gasteiger partial charge >= 0.3 is 0 Å². The van der Waals surface area contributed by atoms with Crippen molar-refractivity contribution in [2.24, 2.45) is 0 Å². The van der Waals surface area contributed by atoms with Crippen LogP contribution >= 0.6 is 11.8 Å². The van der Waals surface area contributed by atoms with Gasteiger partial charge in [0.15, 0.2) is 5.16 Å². The zero-order valence-electron chi connectivity index (χ0n) is 15.7. The topological polar surface area (TPSA) is 61.0 Å². The Kier molecular flexibility index (Phi) is 4.82. The number of nitrogens with zero attached hydrogens (tertiary/aromatic N) is 2. The molecule has 2 atom stereocenters. The van der Waals surface area contributed by atoms with Crippen molar-refractivity contribution >= 4 is 28.7 Å². The Balaban J connectivity index is 1.37. The van der Waals surface area contributed by atoms with Gasteiger partial charge in [0, 0.05) is 29.9 Å². The zero-order valence-corrected chi connectivity index (χ0v) is 16.5. The summed E-state index contributed by atoms with van der Waals surface area (Å²) in [5.74, 6) is 0.917. The van der Waals surface area contributed by atoms with Crippen molar-refractivity contribution in [1.82, 2.24) is 20.2 Å². The van der Waals surface area contributed by atoms with Gasteiger partial charge in [-0.15, -0.1) is 0 Å². The molecular weight excluding hydrogens is 368 g/mol. The molecular formula is C22H24N4OS. The summed E-state index contributed by atoms with van der Waals surface area (Å²) in [6.45, 7) is 1.92. The van der Waals surface area contributed by atoms with Crippen LogP contribution in [0.25, 0.3) is 11.0 Å². The van der Waals surface area contributed by atoms with Crippen molar-refractivity contribution in [3.05, 3.63) is 59.7 Å². The molecule has 0 saturated carbocycles. The Hall–Kier alpha value is -2.31. The number of aromatic amines is 1. The zero-order chi connectivity index (χ0) is 18.9. The Labute approximate surface area is 168 Å². The monoisotopic (exact) mass is 392 g/mol.